The number of aliphatic hydroxyl groups excluding tert-OH is 1. The Morgan fingerprint density at radius 2 is 2.31 bits per heavy atom. The summed E-state index contributed by atoms with van der Waals surface area (Å²) in [6.45, 7) is 0.508. The van der Waals surface area contributed by atoms with Gasteiger partial charge in [0.1, 0.15) is 5.69 Å². The van der Waals surface area contributed by atoms with E-state index < -0.39 is 5.95 Å². The van der Waals surface area contributed by atoms with Crippen molar-refractivity contribution >= 4 is 5.91 Å². The third kappa shape index (κ3) is 2.55. The lowest BCUT2D eigenvalue weighted by molar-refractivity contribution is 0.0419. The average Bonchev–Trinajstić information content (AvgIpc) is 2.22. The maximum absolute atomic E-state index is 12.7. The lowest BCUT2D eigenvalue weighted by Crippen LogP contribution is -2.38. The summed E-state index contributed by atoms with van der Waals surface area (Å²) in [5.41, 5.74) is 0.0832. The van der Waals surface area contributed by atoms with Crippen LogP contribution in [0.3, 0.4) is 0 Å². The molecule has 1 aliphatic rings. The number of aromatic nitrogens is 1. The van der Waals surface area contributed by atoms with Gasteiger partial charge in [-0.2, -0.15) is 4.39 Å². The van der Waals surface area contributed by atoms with Crippen LogP contribution in [-0.4, -0.2) is 28.6 Å². The second-order valence-electron chi connectivity index (χ2n) is 4.05. The van der Waals surface area contributed by atoms with Gasteiger partial charge in [0.2, 0.25) is 5.95 Å². The Morgan fingerprint density at radius 1 is 1.56 bits per heavy atom. The van der Waals surface area contributed by atoms with Crippen molar-refractivity contribution in [1.82, 2.24) is 10.3 Å². The minimum Gasteiger partial charge on any atom is -0.393 e. The minimum absolute atomic E-state index is 0.0832. The topological polar surface area (TPSA) is 62.2 Å². The highest BCUT2D eigenvalue weighted by Gasteiger charge is 2.27. The molecule has 5 heteroatoms. The van der Waals surface area contributed by atoms with Crippen LogP contribution in [0, 0.1) is 11.9 Å². The summed E-state index contributed by atoms with van der Waals surface area (Å²) < 4.78 is 12.7. The van der Waals surface area contributed by atoms with Crippen molar-refractivity contribution in [2.75, 3.05) is 6.54 Å². The lowest BCUT2D eigenvalue weighted by atomic mass is 9.82. The number of carbonyl (C=O) groups is 1. The van der Waals surface area contributed by atoms with Crippen molar-refractivity contribution in [2.24, 2.45) is 5.92 Å². The number of pyridine rings is 1. The number of nitrogens with one attached hydrogen (secondary N) is 1. The van der Waals surface area contributed by atoms with Crippen LogP contribution < -0.4 is 5.32 Å². The van der Waals surface area contributed by atoms with Crippen LogP contribution in [0.15, 0.2) is 18.2 Å². The molecule has 4 nitrogen and oxygen atoms in total. The van der Waals surface area contributed by atoms with Crippen LogP contribution in [0.4, 0.5) is 4.39 Å². The van der Waals surface area contributed by atoms with E-state index in [4.69, 9.17) is 5.11 Å². The fourth-order valence-corrected chi connectivity index (χ4v) is 1.73. The maximum Gasteiger partial charge on any atom is 0.270 e. The second-order valence-corrected chi connectivity index (χ2v) is 4.05. The van der Waals surface area contributed by atoms with Crippen LogP contribution in [-0.2, 0) is 0 Å². The second kappa shape index (κ2) is 4.57. The van der Waals surface area contributed by atoms with Gasteiger partial charge in [-0.1, -0.05) is 6.07 Å². The third-order valence-electron chi connectivity index (χ3n) is 2.71. The summed E-state index contributed by atoms with van der Waals surface area (Å²) in [5, 5.41) is 11.7. The van der Waals surface area contributed by atoms with Crippen molar-refractivity contribution in [2.45, 2.75) is 18.9 Å². The largest absolute Gasteiger partial charge is 0.393 e. The summed E-state index contributed by atoms with van der Waals surface area (Å²) in [4.78, 5) is 15.0. The van der Waals surface area contributed by atoms with Gasteiger partial charge >= 0.3 is 0 Å². The van der Waals surface area contributed by atoms with Crippen molar-refractivity contribution < 1.29 is 14.3 Å². The smallest absolute Gasteiger partial charge is 0.270 e. The number of hydrogen-bond acceptors (Lipinski definition) is 3. The van der Waals surface area contributed by atoms with Gasteiger partial charge in [0.05, 0.1) is 6.10 Å². The molecular formula is C11H13FN2O2. The number of halogens is 1. The summed E-state index contributed by atoms with van der Waals surface area (Å²) in [5.74, 6) is -0.708. The van der Waals surface area contributed by atoms with E-state index in [-0.39, 0.29) is 17.7 Å². The average molecular weight is 224 g/mol. The summed E-state index contributed by atoms with van der Waals surface area (Å²) >= 11 is 0. The zero-order valence-electron chi connectivity index (χ0n) is 8.69. The van der Waals surface area contributed by atoms with E-state index in [2.05, 4.69) is 10.3 Å². The van der Waals surface area contributed by atoms with Gasteiger partial charge in [-0.05, 0) is 30.9 Å². The first kappa shape index (κ1) is 11.0. The number of nitrogens with zero attached hydrogens (tertiary/aromatic N) is 1. The van der Waals surface area contributed by atoms with Gasteiger partial charge in [0.25, 0.3) is 5.91 Å². The van der Waals surface area contributed by atoms with E-state index in [9.17, 15) is 9.18 Å². The molecule has 1 heterocycles. The van der Waals surface area contributed by atoms with Gasteiger partial charge < -0.3 is 10.4 Å². The Morgan fingerprint density at radius 3 is 2.94 bits per heavy atom. The Kier molecular flexibility index (Phi) is 3.14. The number of hydrogen-bond donors (Lipinski definition) is 2. The highest BCUT2D eigenvalue weighted by atomic mass is 19.1. The molecule has 86 valence electrons. The van der Waals surface area contributed by atoms with Gasteiger partial charge in [0.15, 0.2) is 0 Å². The van der Waals surface area contributed by atoms with Crippen molar-refractivity contribution in [3.8, 4) is 0 Å². The zero-order valence-corrected chi connectivity index (χ0v) is 8.69. The Bertz CT molecular complexity index is 391. The van der Waals surface area contributed by atoms with Crippen molar-refractivity contribution in [3.05, 3.63) is 29.8 Å². The van der Waals surface area contributed by atoms with Crippen molar-refractivity contribution in [1.29, 1.82) is 0 Å². The molecule has 1 aromatic heterocycles. The number of amides is 1. The molecule has 1 aromatic rings. The fraction of sp³-hybridized carbons (Fsp3) is 0.455. The van der Waals surface area contributed by atoms with Gasteiger partial charge in [-0.3, -0.25) is 4.79 Å². The first-order valence-corrected chi connectivity index (χ1v) is 5.24. The van der Waals surface area contributed by atoms with Crippen LogP contribution in [0.25, 0.3) is 0 Å². The molecule has 2 N–H and O–H groups in total. The summed E-state index contributed by atoms with van der Waals surface area (Å²) in [7, 11) is 0. The highest BCUT2D eigenvalue weighted by Crippen LogP contribution is 2.26. The third-order valence-corrected chi connectivity index (χ3v) is 2.71. The molecule has 0 radical (unpaired) electrons. The fourth-order valence-electron chi connectivity index (χ4n) is 1.73. The molecule has 16 heavy (non-hydrogen) atoms. The summed E-state index contributed by atoms with van der Waals surface area (Å²) in [6, 6.07) is 4.11. The Hall–Kier alpha value is -1.49. The molecule has 0 aromatic carbocycles. The van der Waals surface area contributed by atoms with E-state index >= 15 is 0 Å². The SMILES string of the molecule is O=C(NCC1CC(O)C1)c1cccc(F)n1. The van der Waals surface area contributed by atoms with E-state index in [0.29, 0.717) is 12.5 Å². The Balaban J connectivity index is 1.84. The molecule has 1 aliphatic carbocycles. The molecule has 0 saturated heterocycles. The standard InChI is InChI=1S/C11H13FN2O2/c12-10-3-1-2-9(14-10)11(16)13-6-7-4-8(15)5-7/h1-3,7-8,15H,4-6H2,(H,13,16). The zero-order chi connectivity index (χ0) is 11.5. The van der Waals surface area contributed by atoms with Crippen LogP contribution in [0.5, 0.6) is 0 Å². The predicted molar refractivity (Wildman–Crippen MR) is 55.3 cm³/mol. The lowest BCUT2D eigenvalue weighted by Gasteiger charge is -2.31. The number of rotatable bonds is 3. The van der Waals surface area contributed by atoms with Gasteiger partial charge in [-0.25, -0.2) is 4.98 Å². The number of carbonyl (C=O) groups excluding carboxylic acids is 1. The molecule has 0 aliphatic heterocycles. The van der Waals surface area contributed by atoms with E-state index in [1.165, 1.54) is 18.2 Å². The van der Waals surface area contributed by atoms with Crippen molar-refractivity contribution in [3.63, 3.8) is 0 Å². The van der Waals surface area contributed by atoms with Gasteiger partial charge in [0, 0.05) is 6.54 Å². The quantitative estimate of drug-likeness (QED) is 0.744. The molecule has 0 spiro atoms. The molecule has 2 rings (SSSR count). The predicted octanol–water partition coefficient (Wildman–Crippen LogP) is 0.721. The molecule has 1 fully saturated rings. The highest BCUT2D eigenvalue weighted by molar-refractivity contribution is 5.92. The molecule has 1 saturated carbocycles. The van der Waals surface area contributed by atoms with Crippen LogP contribution in [0.2, 0.25) is 0 Å². The van der Waals surface area contributed by atoms with Crippen LogP contribution >= 0.6 is 0 Å². The van der Waals surface area contributed by atoms with E-state index in [1.54, 1.807) is 0 Å². The molecule has 0 unspecified atom stereocenters. The molecule has 1 amide bonds. The first-order valence-electron chi connectivity index (χ1n) is 5.24. The first-order chi connectivity index (χ1) is 7.65. The van der Waals surface area contributed by atoms with Gasteiger partial charge in [-0.15, -0.1) is 0 Å². The molecule has 0 atom stereocenters. The maximum atomic E-state index is 12.7. The Labute approximate surface area is 92.5 Å². The molecule has 0 bridgehead atoms. The number of aliphatic hydroxyl groups is 1. The summed E-state index contributed by atoms with van der Waals surface area (Å²) in [6.07, 6.45) is 1.21. The normalized spacial score (nSPS) is 23.6. The molecular weight excluding hydrogens is 211 g/mol. The van der Waals surface area contributed by atoms with E-state index in [1.807, 2.05) is 0 Å². The van der Waals surface area contributed by atoms with E-state index in [0.717, 1.165) is 12.8 Å². The minimum atomic E-state index is -0.660. The monoisotopic (exact) mass is 224 g/mol. The van der Waals surface area contributed by atoms with Crippen LogP contribution in [0.1, 0.15) is 23.3 Å².